The van der Waals surface area contributed by atoms with Crippen LogP contribution in [0.4, 0.5) is 0 Å². The van der Waals surface area contributed by atoms with Crippen LogP contribution in [0.2, 0.25) is 0 Å². The third-order valence-corrected chi connectivity index (χ3v) is 4.87. The first-order valence-corrected chi connectivity index (χ1v) is 9.49. The molecule has 0 saturated heterocycles. The molecule has 1 atom stereocenters. The number of hydrogen-bond acceptors (Lipinski definition) is 5. The molecule has 1 aliphatic heterocycles. The van der Waals surface area contributed by atoms with E-state index in [-0.39, 0.29) is 5.78 Å². The molecule has 5 heteroatoms. The Morgan fingerprint density at radius 2 is 2.11 bits per heavy atom. The number of amidine groups is 1. The summed E-state index contributed by atoms with van der Waals surface area (Å²) >= 11 is 0. The molecule has 0 spiro atoms. The number of hydrogen-bond donors (Lipinski definition) is 1. The Balaban J connectivity index is 1.72. The fourth-order valence-corrected chi connectivity index (χ4v) is 3.29. The number of pyridine rings is 1. The van der Waals surface area contributed by atoms with Crippen molar-refractivity contribution < 1.29 is 9.53 Å². The fraction of sp³-hybridized carbons (Fsp3) is 0.409. The van der Waals surface area contributed by atoms with Crippen LogP contribution in [-0.2, 0) is 23.1 Å². The zero-order chi connectivity index (χ0) is 19.3. The molecule has 3 rings (SSSR count). The molecule has 142 valence electrons. The summed E-state index contributed by atoms with van der Waals surface area (Å²) in [6.07, 6.45) is 5.42. The molecule has 1 aromatic heterocycles. The number of benzene rings is 1. The molecule has 2 heterocycles. The molecule has 27 heavy (non-hydrogen) atoms. The number of unbranched alkanes of at least 4 members (excludes halogenated alkanes) is 1. The molecular weight excluding hydrogens is 338 g/mol. The first-order valence-electron chi connectivity index (χ1n) is 9.49. The Morgan fingerprint density at radius 3 is 2.81 bits per heavy atom. The largest absolute Gasteiger partial charge is 0.386 e. The van der Waals surface area contributed by atoms with Crippen molar-refractivity contribution in [2.24, 2.45) is 10.7 Å². The number of aliphatic imine (C=N–C) groups is 1. The van der Waals surface area contributed by atoms with Crippen LogP contribution < -0.4 is 5.73 Å². The van der Waals surface area contributed by atoms with Crippen LogP contribution in [0, 0.1) is 0 Å². The average molecular weight is 365 g/mol. The predicted molar refractivity (Wildman–Crippen MR) is 107 cm³/mol. The number of aryl methyl sites for hydroxylation is 1. The number of rotatable bonds is 7. The van der Waals surface area contributed by atoms with Gasteiger partial charge in [-0.2, -0.15) is 0 Å². The van der Waals surface area contributed by atoms with Crippen LogP contribution in [0.3, 0.4) is 0 Å². The molecule has 1 aliphatic rings. The highest BCUT2D eigenvalue weighted by Crippen LogP contribution is 2.29. The maximum absolute atomic E-state index is 12.6. The van der Waals surface area contributed by atoms with E-state index in [2.05, 4.69) is 16.9 Å². The number of aromatic nitrogens is 1. The van der Waals surface area contributed by atoms with E-state index in [9.17, 15) is 4.79 Å². The molecule has 2 aromatic rings. The topological polar surface area (TPSA) is 77.6 Å². The first kappa shape index (κ1) is 19.2. The van der Waals surface area contributed by atoms with Gasteiger partial charge in [0.15, 0.2) is 5.78 Å². The molecule has 0 bridgehead atoms. The number of nitrogens with two attached hydrogens (primary N) is 1. The van der Waals surface area contributed by atoms with Gasteiger partial charge in [0.05, 0.1) is 6.61 Å². The lowest BCUT2D eigenvalue weighted by Crippen LogP contribution is -2.37. The van der Waals surface area contributed by atoms with Crippen molar-refractivity contribution in [2.45, 2.75) is 45.1 Å². The van der Waals surface area contributed by atoms with E-state index in [0.29, 0.717) is 31.2 Å². The van der Waals surface area contributed by atoms with E-state index in [1.54, 1.807) is 0 Å². The van der Waals surface area contributed by atoms with Crippen LogP contribution in [-0.4, -0.2) is 29.8 Å². The van der Waals surface area contributed by atoms with Crippen LogP contribution in [0.5, 0.6) is 0 Å². The maximum Gasteiger partial charge on any atom is 0.185 e. The SMILES string of the molecule is CCCCc1ccc(C(=O)Cc2cccc(C3(C)COCC(N)=N3)c2)nc1. The number of Topliss-reactive ketones (excluding diaryl/α,β-unsaturated/α-hetero) is 1. The van der Waals surface area contributed by atoms with E-state index >= 15 is 0 Å². The zero-order valence-corrected chi connectivity index (χ0v) is 16.1. The zero-order valence-electron chi connectivity index (χ0n) is 16.1. The molecule has 5 nitrogen and oxygen atoms in total. The van der Waals surface area contributed by atoms with Gasteiger partial charge in [-0.3, -0.25) is 14.8 Å². The minimum atomic E-state index is -0.513. The molecule has 0 radical (unpaired) electrons. The van der Waals surface area contributed by atoms with Crippen molar-refractivity contribution in [3.05, 3.63) is 65.0 Å². The Hall–Kier alpha value is -2.53. The first-order chi connectivity index (χ1) is 13.0. The van der Waals surface area contributed by atoms with Crippen LogP contribution in [0.25, 0.3) is 0 Å². The highest BCUT2D eigenvalue weighted by atomic mass is 16.5. The smallest absolute Gasteiger partial charge is 0.185 e. The van der Waals surface area contributed by atoms with Crippen molar-refractivity contribution in [1.82, 2.24) is 4.98 Å². The van der Waals surface area contributed by atoms with Crippen LogP contribution in [0.1, 0.15) is 53.9 Å². The standard InChI is InChI=1S/C22H27N3O2/c1-3-4-6-16-9-10-19(24-13-16)20(26)12-17-7-5-8-18(11-17)22(2)15-27-14-21(23)25-22/h5,7-11,13H,3-4,6,12,14-15H2,1-2H3,(H2,23,25). The van der Waals surface area contributed by atoms with E-state index in [1.807, 2.05) is 49.5 Å². The lowest BCUT2D eigenvalue weighted by Gasteiger charge is -2.30. The van der Waals surface area contributed by atoms with Crippen molar-refractivity contribution in [3.63, 3.8) is 0 Å². The summed E-state index contributed by atoms with van der Waals surface area (Å²) in [6, 6.07) is 11.8. The lowest BCUT2D eigenvalue weighted by molar-refractivity contribution is 0.0987. The van der Waals surface area contributed by atoms with E-state index < -0.39 is 5.54 Å². The molecule has 0 aliphatic carbocycles. The number of carbonyl (C=O) groups excluding carboxylic acids is 1. The predicted octanol–water partition coefficient (Wildman–Crippen LogP) is 3.45. The van der Waals surface area contributed by atoms with Gasteiger partial charge in [0.1, 0.15) is 23.7 Å². The summed E-state index contributed by atoms with van der Waals surface area (Å²) in [5.41, 5.74) is 8.96. The highest BCUT2D eigenvalue weighted by molar-refractivity contribution is 5.95. The van der Waals surface area contributed by atoms with Crippen molar-refractivity contribution in [3.8, 4) is 0 Å². The third-order valence-electron chi connectivity index (χ3n) is 4.87. The van der Waals surface area contributed by atoms with E-state index in [4.69, 9.17) is 10.5 Å². The van der Waals surface area contributed by atoms with Gasteiger partial charge in [0.25, 0.3) is 0 Å². The Labute approximate surface area is 160 Å². The second-order valence-corrected chi connectivity index (χ2v) is 7.33. The Bertz CT molecular complexity index is 830. The molecule has 0 amide bonds. The maximum atomic E-state index is 12.6. The van der Waals surface area contributed by atoms with Gasteiger partial charge in [0.2, 0.25) is 0 Å². The quantitative estimate of drug-likeness (QED) is 0.762. The summed E-state index contributed by atoms with van der Waals surface area (Å²) in [5, 5.41) is 0. The van der Waals surface area contributed by atoms with Gasteiger partial charge in [0, 0.05) is 12.6 Å². The minimum Gasteiger partial charge on any atom is -0.386 e. The Kier molecular flexibility index (Phi) is 6.01. The number of carbonyl (C=O) groups is 1. The monoisotopic (exact) mass is 365 g/mol. The number of nitrogens with zero attached hydrogens (tertiary/aromatic N) is 2. The number of ether oxygens (including phenoxy) is 1. The molecule has 1 unspecified atom stereocenters. The second kappa shape index (κ2) is 8.44. The van der Waals surface area contributed by atoms with Gasteiger partial charge < -0.3 is 10.5 Å². The third kappa shape index (κ3) is 4.80. The van der Waals surface area contributed by atoms with E-state index in [1.165, 1.54) is 5.56 Å². The van der Waals surface area contributed by atoms with Gasteiger partial charge in [-0.15, -0.1) is 0 Å². The lowest BCUT2D eigenvalue weighted by atomic mass is 9.90. The molecule has 0 saturated carbocycles. The fourth-order valence-electron chi connectivity index (χ4n) is 3.29. The summed E-state index contributed by atoms with van der Waals surface area (Å²) in [4.78, 5) is 21.5. The van der Waals surface area contributed by atoms with Gasteiger partial charge in [-0.05, 0) is 42.5 Å². The Morgan fingerprint density at radius 1 is 1.26 bits per heavy atom. The van der Waals surface area contributed by atoms with Gasteiger partial charge >= 0.3 is 0 Å². The van der Waals surface area contributed by atoms with Gasteiger partial charge in [-0.25, -0.2) is 0 Å². The van der Waals surface area contributed by atoms with Crippen LogP contribution >= 0.6 is 0 Å². The number of ketones is 1. The highest BCUT2D eigenvalue weighted by Gasteiger charge is 2.30. The minimum absolute atomic E-state index is 0.0160. The second-order valence-electron chi connectivity index (χ2n) is 7.33. The summed E-state index contributed by atoms with van der Waals surface area (Å²) in [5.74, 6) is 0.514. The van der Waals surface area contributed by atoms with Crippen molar-refractivity contribution in [1.29, 1.82) is 0 Å². The van der Waals surface area contributed by atoms with Crippen molar-refractivity contribution in [2.75, 3.05) is 13.2 Å². The molecule has 1 aromatic carbocycles. The molecule has 0 fully saturated rings. The summed E-state index contributed by atoms with van der Waals surface area (Å²) in [6.45, 7) is 5.01. The average Bonchev–Trinajstić information content (AvgIpc) is 2.67. The van der Waals surface area contributed by atoms with Gasteiger partial charge in [-0.1, -0.05) is 43.7 Å². The van der Waals surface area contributed by atoms with Crippen LogP contribution in [0.15, 0.2) is 47.6 Å². The molecule has 2 N–H and O–H groups in total. The van der Waals surface area contributed by atoms with Crippen molar-refractivity contribution >= 4 is 11.6 Å². The molecular formula is C22H27N3O2. The summed E-state index contributed by atoms with van der Waals surface area (Å²) < 4.78 is 5.55. The normalized spacial score (nSPS) is 19.6. The van der Waals surface area contributed by atoms with E-state index in [0.717, 1.165) is 30.4 Å². The summed E-state index contributed by atoms with van der Waals surface area (Å²) in [7, 11) is 0.